The summed E-state index contributed by atoms with van der Waals surface area (Å²) in [5.74, 6) is -0.00256. The Morgan fingerprint density at radius 3 is 2.72 bits per heavy atom. The largest absolute Gasteiger partial charge is 0.486 e. The Hall–Kier alpha value is -0.610. The molecule has 0 aliphatic rings. The SMILES string of the molecule is CCCC(CNC(C)C)Oc1cc(Br)ccc1F. The second-order valence-electron chi connectivity index (χ2n) is 4.67. The zero-order valence-electron chi connectivity index (χ0n) is 11.2. The number of hydrogen-bond donors (Lipinski definition) is 1. The molecule has 1 atom stereocenters. The zero-order chi connectivity index (χ0) is 13.5. The van der Waals surface area contributed by atoms with E-state index in [9.17, 15) is 4.39 Å². The third-order valence-corrected chi connectivity index (χ3v) is 3.04. The molecule has 1 aromatic rings. The Kier molecular flexibility index (Phi) is 6.65. The van der Waals surface area contributed by atoms with Gasteiger partial charge in [-0.25, -0.2) is 4.39 Å². The molecule has 18 heavy (non-hydrogen) atoms. The van der Waals surface area contributed by atoms with Gasteiger partial charge in [0.15, 0.2) is 11.6 Å². The fourth-order valence-corrected chi connectivity index (χ4v) is 1.98. The van der Waals surface area contributed by atoms with E-state index in [-0.39, 0.29) is 11.9 Å². The van der Waals surface area contributed by atoms with Crippen molar-refractivity contribution in [2.75, 3.05) is 6.54 Å². The van der Waals surface area contributed by atoms with E-state index in [2.05, 4.69) is 42.0 Å². The first-order valence-corrected chi connectivity index (χ1v) is 7.17. The van der Waals surface area contributed by atoms with Gasteiger partial charge < -0.3 is 10.1 Å². The summed E-state index contributed by atoms with van der Waals surface area (Å²) in [4.78, 5) is 0. The predicted molar refractivity (Wildman–Crippen MR) is 76.6 cm³/mol. The van der Waals surface area contributed by atoms with Crippen LogP contribution in [-0.4, -0.2) is 18.7 Å². The van der Waals surface area contributed by atoms with E-state index in [4.69, 9.17) is 4.74 Å². The Bertz CT molecular complexity index is 371. The van der Waals surface area contributed by atoms with Gasteiger partial charge in [0.25, 0.3) is 0 Å². The van der Waals surface area contributed by atoms with E-state index < -0.39 is 0 Å². The van der Waals surface area contributed by atoms with E-state index >= 15 is 0 Å². The molecule has 4 heteroatoms. The first-order chi connectivity index (χ1) is 8.52. The van der Waals surface area contributed by atoms with Crippen LogP contribution in [0.4, 0.5) is 4.39 Å². The van der Waals surface area contributed by atoms with Crippen LogP contribution in [0, 0.1) is 5.82 Å². The van der Waals surface area contributed by atoms with Crippen LogP contribution in [0.25, 0.3) is 0 Å². The molecule has 0 aliphatic heterocycles. The normalized spacial score (nSPS) is 12.8. The molecule has 0 bridgehead atoms. The van der Waals surface area contributed by atoms with E-state index in [1.54, 1.807) is 12.1 Å². The van der Waals surface area contributed by atoms with E-state index in [1.807, 2.05) is 0 Å². The minimum Gasteiger partial charge on any atom is -0.486 e. The summed E-state index contributed by atoms with van der Waals surface area (Å²) in [5.41, 5.74) is 0. The summed E-state index contributed by atoms with van der Waals surface area (Å²) in [5, 5.41) is 3.33. The standard InChI is InChI=1S/C14H21BrFNO/c1-4-5-12(9-17-10(2)3)18-14-8-11(15)6-7-13(14)16/h6-8,10,12,17H,4-5,9H2,1-3H3. The topological polar surface area (TPSA) is 21.3 Å². The van der Waals surface area contributed by atoms with Crippen molar-refractivity contribution in [2.45, 2.75) is 45.8 Å². The van der Waals surface area contributed by atoms with Gasteiger partial charge in [0, 0.05) is 17.1 Å². The van der Waals surface area contributed by atoms with Gasteiger partial charge in [0.2, 0.25) is 0 Å². The number of halogens is 2. The fourth-order valence-electron chi connectivity index (χ4n) is 1.64. The summed E-state index contributed by atoms with van der Waals surface area (Å²) in [6.45, 7) is 7.01. The van der Waals surface area contributed by atoms with Gasteiger partial charge in [0.05, 0.1) is 0 Å². The lowest BCUT2D eigenvalue weighted by Crippen LogP contribution is -2.35. The molecule has 1 rings (SSSR count). The summed E-state index contributed by atoms with van der Waals surface area (Å²) in [7, 11) is 0. The lowest BCUT2D eigenvalue weighted by molar-refractivity contribution is 0.175. The fraction of sp³-hybridized carbons (Fsp3) is 0.571. The van der Waals surface area contributed by atoms with E-state index in [0.717, 1.165) is 23.9 Å². The van der Waals surface area contributed by atoms with Crippen LogP contribution in [0.3, 0.4) is 0 Å². The maximum Gasteiger partial charge on any atom is 0.165 e. The van der Waals surface area contributed by atoms with Crippen molar-refractivity contribution in [3.63, 3.8) is 0 Å². The third-order valence-electron chi connectivity index (χ3n) is 2.55. The maximum absolute atomic E-state index is 13.6. The molecule has 1 unspecified atom stereocenters. The van der Waals surface area contributed by atoms with Gasteiger partial charge in [-0.1, -0.05) is 43.1 Å². The molecule has 0 saturated heterocycles. The Labute approximate surface area is 117 Å². The smallest absolute Gasteiger partial charge is 0.165 e. The summed E-state index contributed by atoms with van der Waals surface area (Å²) >= 11 is 3.33. The van der Waals surface area contributed by atoms with Crippen molar-refractivity contribution >= 4 is 15.9 Å². The molecular weight excluding hydrogens is 297 g/mol. The molecular formula is C14H21BrFNO. The highest BCUT2D eigenvalue weighted by atomic mass is 79.9. The average molecular weight is 318 g/mol. The monoisotopic (exact) mass is 317 g/mol. The minimum atomic E-state index is -0.316. The first-order valence-electron chi connectivity index (χ1n) is 6.38. The molecule has 0 saturated carbocycles. The van der Waals surface area contributed by atoms with Gasteiger partial charge >= 0.3 is 0 Å². The van der Waals surface area contributed by atoms with Crippen molar-refractivity contribution < 1.29 is 9.13 Å². The maximum atomic E-state index is 13.6. The van der Waals surface area contributed by atoms with Crippen molar-refractivity contribution in [1.82, 2.24) is 5.32 Å². The summed E-state index contributed by atoms with van der Waals surface area (Å²) < 4.78 is 20.2. The van der Waals surface area contributed by atoms with Crippen LogP contribution < -0.4 is 10.1 Å². The lowest BCUT2D eigenvalue weighted by atomic mass is 10.2. The number of ether oxygens (including phenoxy) is 1. The lowest BCUT2D eigenvalue weighted by Gasteiger charge is -2.21. The molecule has 0 aromatic heterocycles. The third kappa shape index (κ3) is 5.36. The number of nitrogens with one attached hydrogen (secondary N) is 1. The highest BCUT2D eigenvalue weighted by Crippen LogP contribution is 2.24. The van der Waals surface area contributed by atoms with Crippen molar-refractivity contribution in [3.8, 4) is 5.75 Å². The molecule has 0 spiro atoms. The van der Waals surface area contributed by atoms with Crippen molar-refractivity contribution in [1.29, 1.82) is 0 Å². The van der Waals surface area contributed by atoms with Crippen molar-refractivity contribution in [3.05, 3.63) is 28.5 Å². The Morgan fingerprint density at radius 2 is 2.11 bits per heavy atom. The second kappa shape index (κ2) is 7.74. The molecule has 0 fully saturated rings. The Morgan fingerprint density at radius 1 is 1.39 bits per heavy atom. The van der Waals surface area contributed by atoms with E-state index in [0.29, 0.717) is 11.8 Å². The highest BCUT2D eigenvalue weighted by Gasteiger charge is 2.13. The molecule has 2 nitrogen and oxygen atoms in total. The summed E-state index contributed by atoms with van der Waals surface area (Å²) in [6, 6.07) is 5.16. The molecule has 1 aromatic carbocycles. The molecule has 0 radical (unpaired) electrons. The molecule has 0 aliphatic carbocycles. The van der Waals surface area contributed by atoms with Gasteiger partial charge in [-0.2, -0.15) is 0 Å². The second-order valence-corrected chi connectivity index (χ2v) is 5.58. The number of hydrogen-bond acceptors (Lipinski definition) is 2. The van der Waals surface area contributed by atoms with Crippen LogP contribution in [-0.2, 0) is 0 Å². The molecule has 0 heterocycles. The van der Waals surface area contributed by atoms with Gasteiger partial charge in [-0.15, -0.1) is 0 Å². The van der Waals surface area contributed by atoms with Crippen LogP contribution >= 0.6 is 15.9 Å². The minimum absolute atomic E-state index is 0.00111. The van der Waals surface area contributed by atoms with Crippen LogP contribution in [0.2, 0.25) is 0 Å². The average Bonchev–Trinajstić information content (AvgIpc) is 2.31. The van der Waals surface area contributed by atoms with Gasteiger partial charge in [-0.05, 0) is 24.6 Å². The van der Waals surface area contributed by atoms with Gasteiger partial charge in [0.1, 0.15) is 6.10 Å². The highest BCUT2D eigenvalue weighted by molar-refractivity contribution is 9.10. The number of benzene rings is 1. The molecule has 0 amide bonds. The molecule has 1 N–H and O–H groups in total. The Balaban J connectivity index is 2.66. The van der Waals surface area contributed by atoms with Crippen LogP contribution in [0.5, 0.6) is 5.75 Å². The van der Waals surface area contributed by atoms with Crippen LogP contribution in [0.15, 0.2) is 22.7 Å². The number of rotatable bonds is 7. The quantitative estimate of drug-likeness (QED) is 0.816. The predicted octanol–water partition coefficient (Wildman–Crippen LogP) is 4.13. The summed E-state index contributed by atoms with van der Waals surface area (Å²) in [6.07, 6.45) is 1.92. The van der Waals surface area contributed by atoms with Gasteiger partial charge in [-0.3, -0.25) is 0 Å². The zero-order valence-corrected chi connectivity index (χ0v) is 12.8. The first kappa shape index (κ1) is 15.4. The van der Waals surface area contributed by atoms with E-state index in [1.165, 1.54) is 6.07 Å². The molecule has 102 valence electrons. The van der Waals surface area contributed by atoms with Crippen molar-refractivity contribution in [2.24, 2.45) is 0 Å². The van der Waals surface area contributed by atoms with Crippen LogP contribution in [0.1, 0.15) is 33.6 Å².